The van der Waals surface area contributed by atoms with Crippen molar-refractivity contribution in [1.29, 1.82) is 0 Å². The molecule has 0 aliphatic rings. The van der Waals surface area contributed by atoms with Gasteiger partial charge >= 0.3 is 0 Å². The van der Waals surface area contributed by atoms with Gasteiger partial charge in [-0.25, -0.2) is 0 Å². The number of hydrogen-bond donors (Lipinski definition) is 0. The van der Waals surface area contributed by atoms with Crippen LogP contribution in [0.2, 0.25) is 0 Å². The van der Waals surface area contributed by atoms with E-state index in [4.69, 9.17) is 4.42 Å². The first-order valence-corrected chi connectivity index (χ1v) is 17.1. The molecular weight excluding hydrogens is 601 g/mol. The predicted octanol–water partition coefficient (Wildman–Crippen LogP) is 14.0. The van der Waals surface area contributed by atoms with Crippen LogP contribution in [0.4, 0.5) is 0 Å². The number of thiophene rings is 1. The van der Waals surface area contributed by atoms with E-state index in [0.717, 1.165) is 33.2 Å². The van der Waals surface area contributed by atoms with Crippen molar-refractivity contribution < 1.29 is 4.42 Å². The summed E-state index contributed by atoms with van der Waals surface area (Å²) >= 11 is 1.82. The number of hydrogen-bond acceptors (Lipinski definition) is 2. The number of furan rings is 1. The lowest BCUT2D eigenvalue weighted by Crippen LogP contribution is -1.93. The molecule has 0 amide bonds. The van der Waals surface area contributed by atoms with Crippen LogP contribution in [0.25, 0.3) is 109 Å². The summed E-state index contributed by atoms with van der Waals surface area (Å²) in [6.45, 7) is 8.28. The van der Waals surface area contributed by atoms with E-state index >= 15 is 0 Å². The molecule has 2 heterocycles. The monoisotopic (exact) mass is 628 g/mol. The third-order valence-corrected chi connectivity index (χ3v) is 11.2. The highest BCUT2D eigenvalue weighted by atomic mass is 32.1. The summed E-state index contributed by atoms with van der Waals surface area (Å²) in [5, 5.41) is 12.2. The smallest absolute Gasteiger partial charge is 0.153 e. The van der Waals surface area contributed by atoms with E-state index < -0.39 is 0 Å². The van der Waals surface area contributed by atoms with Gasteiger partial charge in [-0.2, -0.15) is 0 Å². The van der Waals surface area contributed by atoms with E-state index in [-0.39, 0.29) is 0 Å². The first kappa shape index (κ1) is 27.2. The Kier molecular flexibility index (Phi) is 5.82. The molecule has 0 fully saturated rings. The standard InChI is InChI=1S/C46H28OS/c1-3-27-14-13-22-30(29(27)4-2)42-33-17-7-5-15-31(33)41(32-16-6-8-18-34(32)42)28-24-25-39-38(26-28)43-35-19-9-10-20-36(35)44-37-21-11-12-23-40(37)48-46(44)45(43)47-39/h3-26H,1-2H2. The van der Waals surface area contributed by atoms with E-state index in [1.54, 1.807) is 0 Å². The molecule has 0 radical (unpaired) electrons. The van der Waals surface area contributed by atoms with Gasteiger partial charge in [-0.05, 0) is 83.9 Å². The van der Waals surface area contributed by atoms with E-state index in [0.29, 0.717) is 0 Å². The molecule has 0 aliphatic carbocycles. The first-order chi connectivity index (χ1) is 23.7. The van der Waals surface area contributed by atoms with Crippen LogP contribution in [0.15, 0.2) is 151 Å². The maximum atomic E-state index is 6.79. The molecule has 10 aromatic rings. The molecule has 2 aromatic heterocycles. The van der Waals surface area contributed by atoms with Gasteiger partial charge in [0.15, 0.2) is 5.58 Å². The SMILES string of the molecule is C=Cc1cccc(-c2c3ccccc3c(-c3ccc4oc5c6sc7ccccc7c6c6ccccc6c5c4c3)c3ccccc23)c1C=C. The van der Waals surface area contributed by atoms with Crippen LogP contribution in [0.1, 0.15) is 11.1 Å². The van der Waals surface area contributed by atoms with Crippen LogP contribution in [-0.4, -0.2) is 0 Å². The Morgan fingerprint density at radius 1 is 0.500 bits per heavy atom. The summed E-state index contributed by atoms with van der Waals surface area (Å²) in [6.07, 6.45) is 3.87. The Morgan fingerprint density at radius 2 is 1.10 bits per heavy atom. The lowest BCUT2D eigenvalue weighted by atomic mass is 9.84. The molecule has 0 saturated carbocycles. The minimum atomic E-state index is 0.908. The second kappa shape index (κ2) is 10.3. The maximum Gasteiger partial charge on any atom is 0.153 e. The van der Waals surface area contributed by atoms with Crippen molar-refractivity contribution >= 4 is 97.9 Å². The fourth-order valence-electron chi connectivity index (χ4n) is 8.01. The molecule has 0 bridgehead atoms. The van der Waals surface area contributed by atoms with Crippen LogP contribution in [0.5, 0.6) is 0 Å². The maximum absolute atomic E-state index is 6.79. The molecule has 0 unspecified atom stereocenters. The molecule has 0 N–H and O–H groups in total. The normalized spacial score (nSPS) is 11.9. The lowest BCUT2D eigenvalue weighted by Gasteiger charge is -2.19. The van der Waals surface area contributed by atoms with Crippen molar-refractivity contribution in [2.45, 2.75) is 0 Å². The van der Waals surface area contributed by atoms with Gasteiger partial charge in [0.1, 0.15) is 5.58 Å². The molecule has 8 aromatic carbocycles. The fourth-order valence-corrected chi connectivity index (χ4v) is 9.21. The first-order valence-electron chi connectivity index (χ1n) is 16.3. The Balaban J connectivity index is 1.33. The van der Waals surface area contributed by atoms with E-state index in [2.05, 4.69) is 147 Å². The summed E-state index contributed by atoms with van der Waals surface area (Å²) in [5.41, 5.74) is 8.85. The van der Waals surface area contributed by atoms with Crippen molar-refractivity contribution in [1.82, 2.24) is 0 Å². The van der Waals surface area contributed by atoms with Gasteiger partial charge in [-0.15, -0.1) is 11.3 Å². The van der Waals surface area contributed by atoms with Crippen LogP contribution in [0, 0.1) is 0 Å². The molecule has 1 nitrogen and oxygen atoms in total. The number of rotatable bonds is 4. The average Bonchev–Trinajstić information content (AvgIpc) is 3.73. The van der Waals surface area contributed by atoms with Gasteiger partial charge in [0.05, 0.1) is 4.70 Å². The van der Waals surface area contributed by atoms with Crippen molar-refractivity contribution in [2.24, 2.45) is 0 Å². The predicted molar refractivity (Wildman–Crippen MR) is 210 cm³/mol. The third kappa shape index (κ3) is 3.66. The van der Waals surface area contributed by atoms with Crippen molar-refractivity contribution in [3.05, 3.63) is 158 Å². The Bertz CT molecular complexity index is 2930. The Morgan fingerprint density at radius 3 is 1.77 bits per heavy atom. The summed E-state index contributed by atoms with van der Waals surface area (Å²) in [6, 6.07) is 48.3. The Labute approximate surface area is 281 Å². The van der Waals surface area contributed by atoms with Crippen molar-refractivity contribution in [3.8, 4) is 22.3 Å². The molecule has 10 rings (SSSR count). The number of fused-ring (bicyclic) bond motifs is 12. The highest BCUT2D eigenvalue weighted by Gasteiger charge is 2.22. The topological polar surface area (TPSA) is 13.1 Å². The zero-order valence-corrected chi connectivity index (χ0v) is 26.9. The quantitative estimate of drug-likeness (QED) is 0.177. The molecule has 0 aliphatic heterocycles. The molecule has 0 saturated heterocycles. The van der Waals surface area contributed by atoms with Crippen molar-refractivity contribution in [3.63, 3.8) is 0 Å². The molecular formula is C46H28OS. The summed E-state index contributed by atoms with van der Waals surface area (Å²) in [5.74, 6) is 0. The number of benzene rings is 8. The third-order valence-electron chi connectivity index (χ3n) is 10.0. The van der Waals surface area contributed by atoms with Gasteiger partial charge in [-0.1, -0.05) is 141 Å². The molecule has 48 heavy (non-hydrogen) atoms. The fraction of sp³-hybridized carbons (Fsp3) is 0. The summed E-state index contributed by atoms with van der Waals surface area (Å²) < 4.78 is 9.28. The second-order valence-corrected chi connectivity index (χ2v) is 13.5. The second-order valence-electron chi connectivity index (χ2n) is 12.4. The van der Waals surface area contributed by atoms with Gasteiger partial charge in [0, 0.05) is 26.2 Å². The molecule has 2 heteroatoms. The largest absolute Gasteiger partial charge is 0.455 e. The minimum Gasteiger partial charge on any atom is -0.455 e. The van der Waals surface area contributed by atoms with Crippen molar-refractivity contribution in [2.75, 3.05) is 0 Å². The van der Waals surface area contributed by atoms with Crippen LogP contribution < -0.4 is 0 Å². The van der Waals surface area contributed by atoms with E-state index in [1.165, 1.54) is 74.6 Å². The van der Waals surface area contributed by atoms with Crippen LogP contribution >= 0.6 is 11.3 Å². The van der Waals surface area contributed by atoms with E-state index in [9.17, 15) is 0 Å². The summed E-state index contributed by atoms with van der Waals surface area (Å²) in [7, 11) is 0. The highest BCUT2D eigenvalue weighted by molar-refractivity contribution is 7.26. The van der Waals surface area contributed by atoms with E-state index in [1.807, 2.05) is 23.5 Å². The zero-order valence-electron chi connectivity index (χ0n) is 26.1. The van der Waals surface area contributed by atoms with Crippen LogP contribution in [-0.2, 0) is 0 Å². The highest BCUT2D eigenvalue weighted by Crippen LogP contribution is 2.49. The summed E-state index contributed by atoms with van der Waals surface area (Å²) in [4.78, 5) is 0. The van der Waals surface area contributed by atoms with Gasteiger partial charge < -0.3 is 4.42 Å². The van der Waals surface area contributed by atoms with Gasteiger partial charge in [-0.3, -0.25) is 0 Å². The molecule has 0 atom stereocenters. The minimum absolute atomic E-state index is 0.908. The zero-order chi connectivity index (χ0) is 31.9. The van der Waals surface area contributed by atoms with Gasteiger partial charge in [0.25, 0.3) is 0 Å². The van der Waals surface area contributed by atoms with Gasteiger partial charge in [0.2, 0.25) is 0 Å². The molecule has 0 spiro atoms. The lowest BCUT2D eigenvalue weighted by molar-refractivity contribution is 0.673. The molecule has 224 valence electrons. The Hall–Kier alpha value is -5.96. The average molecular weight is 629 g/mol. The van der Waals surface area contributed by atoms with Crippen LogP contribution in [0.3, 0.4) is 0 Å².